The van der Waals surface area contributed by atoms with Gasteiger partial charge in [0.1, 0.15) is 6.61 Å². The van der Waals surface area contributed by atoms with E-state index in [1.807, 2.05) is 0 Å². The van der Waals surface area contributed by atoms with Crippen LogP contribution in [0.3, 0.4) is 0 Å². The third kappa shape index (κ3) is 17.8. The maximum Gasteiger partial charge on any atom is 0.503 e. The van der Waals surface area contributed by atoms with E-state index in [9.17, 15) is 4.79 Å². The largest absolute Gasteiger partial charge is 0.503 e. The summed E-state index contributed by atoms with van der Waals surface area (Å²) in [6.45, 7) is 8.64. The van der Waals surface area contributed by atoms with Crippen LogP contribution < -0.4 is 0 Å². The van der Waals surface area contributed by atoms with Crippen LogP contribution >= 0.6 is 0 Å². The van der Waals surface area contributed by atoms with Crippen molar-refractivity contribution in [3.8, 4) is 0 Å². The molecule has 5 heteroatoms. The zero-order valence-electron chi connectivity index (χ0n) is 7.32. The molecular formula is C8H12O5. The van der Waals surface area contributed by atoms with Crippen LogP contribution in [0.25, 0.3) is 0 Å². The molecule has 0 atom stereocenters. The minimum Gasteiger partial charge on any atom is -0.458 e. The maximum absolute atomic E-state index is 10.5. The lowest BCUT2D eigenvalue weighted by molar-refractivity contribution is -0.137. The highest BCUT2D eigenvalue weighted by molar-refractivity contribution is 5.86. The average Bonchev–Trinajstić information content (AvgIpc) is 1.98. The van der Waals surface area contributed by atoms with Crippen LogP contribution in [0.15, 0.2) is 24.8 Å². The molecule has 0 fully saturated rings. The molecule has 0 saturated carbocycles. The summed E-state index contributed by atoms with van der Waals surface area (Å²) in [4.78, 5) is 19.1. The summed E-state index contributed by atoms with van der Waals surface area (Å²) in [5, 5.41) is 13.9. The van der Waals surface area contributed by atoms with Crippen LogP contribution in [0.4, 0.5) is 4.79 Å². The van der Waals surface area contributed by atoms with Crippen molar-refractivity contribution in [3.05, 3.63) is 24.8 Å². The fourth-order valence-corrected chi connectivity index (χ4v) is 0.258. The Balaban J connectivity index is 0. The Labute approximate surface area is 75.9 Å². The highest BCUT2D eigenvalue weighted by atomic mass is 16.6. The number of rotatable bonds is 3. The summed E-state index contributed by atoms with van der Waals surface area (Å²) in [5.74, 6) is -0.366. The molecule has 0 bridgehead atoms. The van der Waals surface area contributed by atoms with E-state index < -0.39 is 6.16 Å². The smallest absolute Gasteiger partial charge is 0.458 e. The lowest BCUT2D eigenvalue weighted by Crippen LogP contribution is -2.03. The second kappa shape index (κ2) is 8.32. The van der Waals surface area contributed by atoms with Crippen molar-refractivity contribution < 1.29 is 24.5 Å². The van der Waals surface area contributed by atoms with Crippen LogP contribution in [0, 0.1) is 0 Å². The SMILES string of the molecule is C=CCOC(=O)C(=C)C.O=C(O)O. The van der Waals surface area contributed by atoms with Crippen molar-refractivity contribution in [1.29, 1.82) is 0 Å². The van der Waals surface area contributed by atoms with E-state index in [1.54, 1.807) is 6.92 Å². The molecule has 0 aliphatic rings. The third-order valence-electron chi connectivity index (χ3n) is 0.681. The van der Waals surface area contributed by atoms with Gasteiger partial charge in [-0.05, 0) is 6.92 Å². The predicted octanol–water partition coefficient (Wildman–Crippen LogP) is 1.51. The van der Waals surface area contributed by atoms with Crippen molar-refractivity contribution in [2.75, 3.05) is 6.61 Å². The van der Waals surface area contributed by atoms with E-state index in [0.717, 1.165) is 0 Å². The second-order valence-electron chi connectivity index (χ2n) is 1.95. The molecule has 0 unspecified atom stereocenters. The Morgan fingerprint density at radius 3 is 2.08 bits per heavy atom. The van der Waals surface area contributed by atoms with E-state index >= 15 is 0 Å². The van der Waals surface area contributed by atoms with Gasteiger partial charge in [-0.25, -0.2) is 9.59 Å². The van der Waals surface area contributed by atoms with Crippen LogP contribution in [-0.2, 0) is 9.53 Å². The highest BCUT2D eigenvalue weighted by Gasteiger charge is 1.98. The molecule has 0 saturated heterocycles. The standard InChI is InChI=1S/C7H10O2.CH2O3/c1-4-5-9-7(8)6(2)3;2-1(3)4/h4H,1-2,5H2,3H3;(H2,2,3,4). The average molecular weight is 188 g/mol. The maximum atomic E-state index is 10.5. The van der Waals surface area contributed by atoms with Gasteiger partial charge in [-0.1, -0.05) is 19.2 Å². The van der Waals surface area contributed by atoms with Gasteiger partial charge in [-0.2, -0.15) is 0 Å². The first-order chi connectivity index (χ1) is 5.91. The van der Waals surface area contributed by atoms with Crippen molar-refractivity contribution >= 4 is 12.1 Å². The van der Waals surface area contributed by atoms with Crippen LogP contribution in [0.5, 0.6) is 0 Å². The minimum absolute atomic E-state index is 0.256. The number of hydrogen-bond acceptors (Lipinski definition) is 3. The third-order valence-corrected chi connectivity index (χ3v) is 0.681. The fourth-order valence-electron chi connectivity index (χ4n) is 0.258. The molecule has 0 aliphatic heterocycles. The van der Waals surface area contributed by atoms with Crippen LogP contribution in [0.1, 0.15) is 6.92 Å². The van der Waals surface area contributed by atoms with Crippen LogP contribution in [0.2, 0.25) is 0 Å². The first-order valence-electron chi connectivity index (χ1n) is 3.27. The fraction of sp³-hybridized carbons (Fsp3) is 0.250. The normalized spacial score (nSPS) is 7.46. The Bertz CT molecular complexity index is 203. The Hall–Kier alpha value is -1.78. The number of carbonyl (C=O) groups excluding carboxylic acids is 1. The van der Waals surface area contributed by atoms with E-state index in [2.05, 4.69) is 17.9 Å². The van der Waals surface area contributed by atoms with Gasteiger partial charge >= 0.3 is 12.1 Å². The molecule has 0 radical (unpaired) electrons. The Kier molecular flexibility index (Phi) is 8.82. The van der Waals surface area contributed by atoms with Gasteiger partial charge in [0, 0.05) is 5.57 Å². The van der Waals surface area contributed by atoms with E-state index in [-0.39, 0.29) is 12.6 Å². The van der Waals surface area contributed by atoms with Crippen molar-refractivity contribution in [1.82, 2.24) is 0 Å². The zero-order chi connectivity index (χ0) is 10.9. The number of esters is 1. The molecule has 2 N–H and O–H groups in total. The first-order valence-corrected chi connectivity index (χ1v) is 3.27. The molecule has 0 aromatic heterocycles. The Morgan fingerprint density at radius 1 is 1.46 bits per heavy atom. The topological polar surface area (TPSA) is 83.8 Å². The Morgan fingerprint density at radius 2 is 1.85 bits per heavy atom. The first kappa shape index (κ1) is 13.8. The number of ether oxygens (including phenoxy) is 1. The molecule has 74 valence electrons. The van der Waals surface area contributed by atoms with Crippen molar-refractivity contribution in [2.24, 2.45) is 0 Å². The molecule has 0 rings (SSSR count). The summed E-state index contributed by atoms with van der Waals surface area (Å²) in [7, 11) is 0. The van der Waals surface area contributed by atoms with Gasteiger partial charge < -0.3 is 14.9 Å². The van der Waals surface area contributed by atoms with Gasteiger partial charge in [-0.3, -0.25) is 0 Å². The second-order valence-corrected chi connectivity index (χ2v) is 1.95. The van der Waals surface area contributed by atoms with E-state index in [4.69, 9.17) is 15.0 Å². The summed E-state index contributed by atoms with van der Waals surface area (Å²) >= 11 is 0. The number of carbonyl (C=O) groups is 2. The van der Waals surface area contributed by atoms with Gasteiger partial charge in [-0.15, -0.1) is 0 Å². The monoisotopic (exact) mass is 188 g/mol. The molecule has 5 nitrogen and oxygen atoms in total. The summed E-state index contributed by atoms with van der Waals surface area (Å²) in [5.41, 5.74) is 0.414. The molecule has 0 aliphatic carbocycles. The van der Waals surface area contributed by atoms with Crippen molar-refractivity contribution in [3.63, 3.8) is 0 Å². The minimum atomic E-state index is -1.83. The van der Waals surface area contributed by atoms with Crippen molar-refractivity contribution in [2.45, 2.75) is 6.92 Å². The van der Waals surface area contributed by atoms with Gasteiger partial charge in [0.2, 0.25) is 0 Å². The summed E-state index contributed by atoms with van der Waals surface area (Å²) in [6.07, 6.45) is -0.319. The summed E-state index contributed by atoms with van der Waals surface area (Å²) < 4.78 is 4.60. The number of hydrogen-bond donors (Lipinski definition) is 2. The molecule has 0 amide bonds. The van der Waals surface area contributed by atoms with E-state index in [1.165, 1.54) is 6.08 Å². The molecular weight excluding hydrogens is 176 g/mol. The van der Waals surface area contributed by atoms with Gasteiger partial charge in [0.15, 0.2) is 0 Å². The van der Waals surface area contributed by atoms with Gasteiger partial charge in [0.25, 0.3) is 0 Å². The molecule has 0 aromatic rings. The van der Waals surface area contributed by atoms with E-state index in [0.29, 0.717) is 5.57 Å². The lowest BCUT2D eigenvalue weighted by atomic mass is 10.4. The van der Waals surface area contributed by atoms with Crippen LogP contribution in [-0.4, -0.2) is 28.9 Å². The molecule has 0 spiro atoms. The zero-order valence-corrected chi connectivity index (χ0v) is 7.32. The predicted molar refractivity (Wildman–Crippen MR) is 46.6 cm³/mol. The quantitative estimate of drug-likeness (QED) is 0.398. The molecule has 13 heavy (non-hydrogen) atoms. The highest BCUT2D eigenvalue weighted by Crippen LogP contribution is 1.90. The molecule has 0 aromatic carbocycles. The summed E-state index contributed by atoms with van der Waals surface area (Å²) in [6, 6.07) is 0. The number of carboxylic acid groups (broad SMARTS) is 2. The molecule has 0 heterocycles. The van der Waals surface area contributed by atoms with Gasteiger partial charge in [0.05, 0.1) is 0 Å². The lowest BCUT2D eigenvalue weighted by Gasteiger charge is -1.97.